The fraction of sp³-hybridized carbons (Fsp3) is 0.882. The molecule has 19 heavy (non-hydrogen) atoms. The molecule has 2 nitrogen and oxygen atoms in total. The van der Waals surface area contributed by atoms with Gasteiger partial charge in [0, 0.05) is 25.7 Å². The first-order chi connectivity index (χ1) is 9.20. The van der Waals surface area contributed by atoms with Crippen LogP contribution in [0.5, 0.6) is 0 Å². The number of carbonyl (C=O) groups is 2. The Balaban J connectivity index is 3.22. The van der Waals surface area contributed by atoms with Crippen LogP contribution in [-0.2, 0) is 9.59 Å². The van der Waals surface area contributed by atoms with Crippen LogP contribution in [0.25, 0.3) is 0 Å². The molecule has 0 aromatic heterocycles. The summed E-state index contributed by atoms with van der Waals surface area (Å²) in [7, 11) is 0. The van der Waals surface area contributed by atoms with Gasteiger partial charge in [0.25, 0.3) is 0 Å². The van der Waals surface area contributed by atoms with Gasteiger partial charge in [-0.05, 0) is 25.7 Å². The summed E-state index contributed by atoms with van der Waals surface area (Å²) >= 11 is 0. The van der Waals surface area contributed by atoms with E-state index in [9.17, 15) is 9.59 Å². The maximum atomic E-state index is 11.4. The van der Waals surface area contributed by atoms with E-state index in [1.54, 1.807) is 0 Å². The molecule has 0 bridgehead atoms. The Morgan fingerprint density at radius 3 is 1.21 bits per heavy atom. The minimum Gasteiger partial charge on any atom is -0.300 e. The average molecular weight is 268 g/mol. The SMILES string of the molecule is CCCCC(=O)CCCCCCCC(=O)CCCC. The van der Waals surface area contributed by atoms with Crippen LogP contribution in [0.1, 0.15) is 97.3 Å². The number of hydrogen-bond acceptors (Lipinski definition) is 2. The fourth-order valence-corrected chi connectivity index (χ4v) is 2.17. The lowest BCUT2D eigenvalue weighted by atomic mass is 10.0. The molecule has 0 atom stereocenters. The van der Waals surface area contributed by atoms with Crippen LogP contribution in [0.15, 0.2) is 0 Å². The summed E-state index contributed by atoms with van der Waals surface area (Å²) < 4.78 is 0. The number of carbonyl (C=O) groups excluding carboxylic acids is 2. The summed E-state index contributed by atoms with van der Waals surface area (Å²) in [4.78, 5) is 22.9. The third kappa shape index (κ3) is 13.6. The molecule has 0 aromatic rings. The van der Waals surface area contributed by atoms with Gasteiger partial charge in [0.2, 0.25) is 0 Å². The largest absolute Gasteiger partial charge is 0.300 e. The van der Waals surface area contributed by atoms with Crippen molar-refractivity contribution in [2.24, 2.45) is 0 Å². The van der Waals surface area contributed by atoms with Gasteiger partial charge in [0.15, 0.2) is 0 Å². The van der Waals surface area contributed by atoms with E-state index < -0.39 is 0 Å². The highest BCUT2D eigenvalue weighted by atomic mass is 16.1. The predicted octanol–water partition coefficient (Wildman–Crippen LogP) is 5.24. The van der Waals surface area contributed by atoms with Crippen molar-refractivity contribution < 1.29 is 9.59 Å². The Kier molecular flexibility index (Phi) is 13.3. The lowest BCUT2D eigenvalue weighted by Crippen LogP contribution is -1.98. The molecule has 0 rings (SSSR count). The number of ketones is 2. The summed E-state index contributed by atoms with van der Waals surface area (Å²) in [5, 5.41) is 0. The van der Waals surface area contributed by atoms with E-state index in [-0.39, 0.29) is 0 Å². The maximum Gasteiger partial charge on any atom is 0.132 e. The molecule has 0 saturated carbocycles. The van der Waals surface area contributed by atoms with Gasteiger partial charge in [0.1, 0.15) is 11.6 Å². The monoisotopic (exact) mass is 268 g/mol. The van der Waals surface area contributed by atoms with Crippen molar-refractivity contribution >= 4 is 11.6 Å². The Bertz CT molecular complexity index is 209. The minimum absolute atomic E-state index is 0.427. The molecule has 0 aliphatic carbocycles. The highest BCUT2D eigenvalue weighted by Gasteiger charge is 2.02. The molecule has 0 heterocycles. The van der Waals surface area contributed by atoms with Crippen molar-refractivity contribution in [1.29, 1.82) is 0 Å². The van der Waals surface area contributed by atoms with Crippen molar-refractivity contribution in [2.75, 3.05) is 0 Å². The molecule has 0 unspecified atom stereocenters. The summed E-state index contributed by atoms with van der Waals surface area (Å²) in [5.41, 5.74) is 0. The van der Waals surface area contributed by atoms with Gasteiger partial charge in [0.05, 0.1) is 0 Å². The van der Waals surface area contributed by atoms with Crippen molar-refractivity contribution in [3.05, 3.63) is 0 Å². The summed E-state index contributed by atoms with van der Waals surface area (Å²) in [6.07, 6.45) is 12.9. The molecular weight excluding hydrogens is 236 g/mol. The van der Waals surface area contributed by atoms with Crippen LogP contribution in [0, 0.1) is 0 Å². The molecule has 0 radical (unpaired) electrons. The molecular formula is C17H32O2. The third-order valence-electron chi connectivity index (χ3n) is 3.53. The third-order valence-corrected chi connectivity index (χ3v) is 3.53. The zero-order chi connectivity index (χ0) is 14.3. The van der Waals surface area contributed by atoms with E-state index in [0.29, 0.717) is 11.6 Å². The highest BCUT2D eigenvalue weighted by Crippen LogP contribution is 2.10. The first-order valence-electron chi connectivity index (χ1n) is 8.24. The average Bonchev–Trinajstić information content (AvgIpc) is 2.41. The maximum absolute atomic E-state index is 11.4. The Morgan fingerprint density at radius 2 is 0.842 bits per heavy atom. The summed E-state index contributed by atoms with van der Waals surface area (Å²) in [6.45, 7) is 4.24. The first-order valence-corrected chi connectivity index (χ1v) is 8.24. The molecule has 0 amide bonds. The molecule has 112 valence electrons. The Labute approximate surface area is 119 Å². The normalized spacial score (nSPS) is 10.6. The zero-order valence-electron chi connectivity index (χ0n) is 13.0. The molecule has 0 aliphatic rings. The van der Waals surface area contributed by atoms with Gasteiger partial charge in [-0.3, -0.25) is 9.59 Å². The van der Waals surface area contributed by atoms with Crippen molar-refractivity contribution in [3.63, 3.8) is 0 Å². The van der Waals surface area contributed by atoms with Crippen LogP contribution < -0.4 is 0 Å². The molecule has 0 aromatic carbocycles. The summed E-state index contributed by atoms with van der Waals surface area (Å²) in [5.74, 6) is 0.855. The second-order valence-electron chi connectivity index (χ2n) is 5.55. The molecule has 0 aliphatic heterocycles. The summed E-state index contributed by atoms with van der Waals surface area (Å²) in [6, 6.07) is 0. The van der Waals surface area contributed by atoms with E-state index in [1.165, 1.54) is 6.42 Å². The molecule has 0 saturated heterocycles. The van der Waals surface area contributed by atoms with E-state index in [0.717, 1.165) is 77.0 Å². The van der Waals surface area contributed by atoms with Crippen LogP contribution in [-0.4, -0.2) is 11.6 Å². The van der Waals surface area contributed by atoms with E-state index in [2.05, 4.69) is 13.8 Å². The van der Waals surface area contributed by atoms with Gasteiger partial charge in [-0.25, -0.2) is 0 Å². The Morgan fingerprint density at radius 1 is 0.526 bits per heavy atom. The molecule has 0 spiro atoms. The van der Waals surface area contributed by atoms with Gasteiger partial charge in [-0.15, -0.1) is 0 Å². The predicted molar refractivity (Wildman–Crippen MR) is 81.4 cm³/mol. The van der Waals surface area contributed by atoms with Gasteiger partial charge >= 0.3 is 0 Å². The van der Waals surface area contributed by atoms with E-state index in [4.69, 9.17) is 0 Å². The van der Waals surface area contributed by atoms with Crippen molar-refractivity contribution in [1.82, 2.24) is 0 Å². The van der Waals surface area contributed by atoms with Crippen LogP contribution in [0.2, 0.25) is 0 Å². The molecule has 0 N–H and O–H groups in total. The van der Waals surface area contributed by atoms with E-state index >= 15 is 0 Å². The zero-order valence-corrected chi connectivity index (χ0v) is 13.0. The number of Topliss-reactive ketones (excluding diaryl/α,β-unsaturated/α-hetero) is 2. The smallest absolute Gasteiger partial charge is 0.132 e. The lowest BCUT2D eigenvalue weighted by Gasteiger charge is -2.02. The standard InChI is InChI=1S/C17H32O2/c1-3-5-12-16(18)14-10-8-7-9-11-15-17(19)13-6-4-2/h3-15H2,1-2H3. The fourth-order valence-electron chi connectivity index (χ4n) is 2.17. The van der Waals surface area contributed by atoms with Crippen LogP contribution >= 0.6 is 0 Å². The quantitative estimate of drug-likeness (QED) is 0.404. The van der Waals surface area contributed by atoms with Crippen LogP contribution in [0.4, 0.5) is 0 Å². The van der Waals surface area contributed by atoms with E-state index in [1.807, 2.05) is 0 Å². The Hall–Kier alpha value is -0.660. The first kappa shape index (κ1) is 18.3. The topological polar surface area (TPSA) is 34.1 Å². The van der Waals surface area contributed by atoms with Gasteiger partial charge in [-0.1, -0.05) is 46.0 Å². The van der Waals surface area contributed by atoms with Crippen LogP contribution in [0.3, 0.4) is 0 Å². The molecule has 2 heteroatoms. The number of rotatable bonds is 14. The minimum atomic E-state index is 0.427. The second-order valence-corrected chi connectivity index (χ2v) is 5.55. The highest BCUT2D eigenvalue weighted by molar-refractivity contribution is 5.78. The van der Waals surface area contributed by atoms with Gasteiger partial charge < -0.3 is 0 Å². The van der Waals surface area contributed by atoms with Crippen molar-refractivity contribution in [3.8, 4) is 0 Å². The number of hydrogen-bond donors (Lipinski definition) is 0. The van der Waals surface area contributed by atoms with Crippen molar-refractivity contribution in [2.45, 2.75) is 97.3 Å². The number of unbranched alkanes of at least 4 members (excludes halogenated alkanes) is 6. The second kappa shape index (κ2) is 13.8. The lowest BCUT2D eigenvalue weighted by molar-refractivity contribution is -0.120. The molecule has 0 fully saturated rings. The van der Waals surface area contributed by atoms with Gasteiger partial charge in [-0.2, -0.15) is 0 Å².